The van der Waals surface area contributed by atoms with Crippen LogP contribution in [-0.2, 0) is 0 Å². The van der Waals surface area contributed by atoms with Gasteiger partial charge in [-0.25, -0.2) is 0 Å². The van der Waals surface area contributed by atoms with Crippen LogP contribution in [0.4, 0.5) is 5.69 Å². The molecule has 11 heavy (non-hydrogen) atoms. The molecule has 0 bridgehead atoms. The van der Waals surface area contributed by atoms with Gasteiger partial charge in [0.15, 0.2) is 0 Å². The van der Waals surface area contributed by atoms with E-state index >= 15 is 0 Å². The Balaban J connectivity index is 2.81. The average Bonchev–Trinajstić information content (AvgIpc) is 2.05. The summed E-state index contributed by atoms with van der Waals surface area (Å²) < 4.78 is 0. The number of hydrogen-bond donors (Lipinski definition) is 3. The lowest BCUT2D eigenvalue weighted by atomic mass is 10.3. The van der Waals surface area contributed by atoms with Gasteiger partial charge in [-0.3, -0.25) is 10.3 Å². The van der Waals surface area contributed by atoms with Crippen LogP contribution in [0, 0.1) is 0 Å². The summed E-state index contributed by atoms with van der Waals surface area (Å²) in [6, 6.07) is 3.37. The number of rotatable bonds is 2. The maximum Gasteiger partial charge on any atom is 0.147 e. The minimum atomic E-state index is -0.712. The molecular weight excluding hydrogens is 142 g/mol. The van der Waals surface area contributed by atoms with E-state index in [9.17, 15) is 5.11 Å². The number of pyridine rings is 1. The van der Waals surface area contributed by atoms with Crippen molar-refractivity contribution in [1.82, 2.24) is 10.3 Å². The molecule has 1 atom stereocenters. The summed E-state index contributed by atoms with van der Waals surface area (Å²) in [6.45, 7) is 0. The molecule has 0 spiro atoms. The summed E-state index contributed by atoms with van der Waals surface area (Å²) in [5, 5.41) is 11.9. The molecular formula is C7H11N3O. The highest BCUT2D eigenvalue weighted by molar-refractivity contribution is 5.34. The number of aliphatic hydroxyl groups is 1. The van der Waals surface area contributed by atoms with Crippen LogP contribution in [0.5, 0.6) is 0 Å². The molecule has 1 rings (SSSR count). The van der Waals surface area contributed by atoms with Crippen molar-refractivity contribution in [2.45, 2.75) is 6.23 Å². The minimum Gasteiger partial charge on any atom is -0.397 e. The fourth-order valence-corrected chi connectivity index (χ4v) is 0.726. The van der Waals surface area contributed by atoms with Crippen LogP contribution >= 0.6 is 0 Å². The van der Waals surface area contributed by atoms with Crippen molar-refractivity contribution < 1.29 is 5.11 Å². The molecule has 1 unspecified atom stereocenters. The maximum absolute atomic E-state index is 9.21. The second kappa shape index (κ2) is 3.32. The predicted molar refractivity (Wildman–Crippen MR) is 42.7 cm³/mol. The van der Waals surface area contributed by atoms with Crippen LogP contribution in [0.3, 0.4) is 0 Å². The fourth-order valence-electron chi connectivity index (χ4n) is 0.726. The normalized spacial score (nSPS) is 12.9. The van der Waals surface area contributed by atoms with Gasteiger partial charge in [0, 0.05) is 0 Å². The van der Waals surface area contributed by atoms with Gasteiger partial charge in [0.1, 0.15) is 6.23 Å². The van der Waals surface area contributed by atoms with E-state index in [1.807, 2.05) is 0 Å². The van der Waals surface area contributed by atoms with Gasteiger partial charge in [-0.1, -0.05) is 0 Å². The zero-order chi connectivity index (χ0) is 8.27. The quantitative estimate of drug-likeness (QED) is 0.518. The Kier molecular flexibility index (Phi) is 2.40. The standard InChI is InChI=1S/C7H11N3O/c1-9-7(11)6-3-2-5(8)4-10-6/h2-4,7,9,11H,8H2,1H3. The molecule has 0 saturated carbocycles. The van der Waals surface area contributed by atoms with Gasteiger partial charge >= 0.3 is 0 Å². The Morgan fingerprint density at radius 2 is 2.36 bits per heavy atom. The first-order valence-electron chi connectivity index (χ1n) is 3.31. The molecule has 0 amide bonds. The molecule has 4 N–H and O–H groups in total. The highest BCUT2D eigenvalue weighted by Gasteiger charge is 2.03. The summed E-state index contributed by atoms with van der Waals surface area (Å²) >= 11 is 0. The number of nitrogens with zero attached hydrogens (tertiary/aromatic N) is 1. The van der Waals surface area contributed by atoms with Crippen LogP contribution in [0.1, 0.15) is 11.9 Å². The Hall–Kier alpha value is -1.13. The summed E-state index contributed by atoms with van der Waals surface area (Å²) in [5.74, 6) is 0. The van der Waals surface area contributed by atoms with Crippen LogP contribution < -0.4 is 11.1 Å². The molecule has 0 saturated heterocycles. The molecule has 0 aliphatic carbocycles. The molecule has 0 radical (unpaired) electrons. The predicted octanol–water partition coefficient (Wildman–Crippen LogP) is -0.126. The topological polar surface area (TPSA) is 71.2 Å². The highest BCUT2D eigenvalue weighted by atomic mass is 16.3. The molecule has 1 aromatic heterocycles. The lowest BCUT2D eigenvalue weighted by Crippen LogP contribution is -2.16. The SMILES string of the molecule is CNC(O)c1ccc(N)cn1. The summed E-state index contributed by atoms with van der Waals surface area (Å²) in [7, 11) is 1.66. The molecule has 4 nitrogen and oxygen atoms in total. The molecule has 1 aromatic rings. The number of aliphatic hydroxyl groups excluding tert-OH is 1. The van der Waals surface area contributed by atoms with Crippen LogP contribution in [-0.4, -0.2) is 17.1 Å². The molecule has 0 aromatic carbocycles. The van der Waals surface area contributed by atoms with Gasteiger partial charge in [-0.15, -0.1) is 0 Å². The second-order valence-electron chi connectivity index (χ2n) is 2.21. The van der Waals surface area contributed by atoms with Crippen molar-refractivity contribution in [1.29, 1.82) is 0 Å². The summed E-state index contributed by atoms with van der Waals surface area (Å²) in [5.41, 5.74) is 6.57. The maximum atomic E-state index is 9.21. The van der Waals surface area contributed by atoms with E-state index in [0.717, 1.165) is 0 Å². The summed E-state index contributed by atoms with van der Waals surface area (Å²) in [6.07, 6.45) is 0.797. The van der Waals surface area contributed by atoms with Crippen molar-refractivity contribution >= 4 is 5.69 Å². The van der Waals surface area contributed by atoms with E-state index in [0.29, 0.717) is 11.4 Å². The Morgan fingerprint density at radius 3 is 2.82 bits per heavy atom. The number of anilines is 1. The number of nitrogen functional groups attached to an aromatic ring is 1. The van der Waals surface area contributed by atoms with Gasteiger partial charge < -0.3 is 10.8 Å². The van der Waals surface area contributed by atoms with Gasteiger partial charge in [-0.05, 0) is 19.2 Å². The molecule has 60 valence electrons. The van der Waals surface area contributed by atoms with Gasteiger partial charge in [0.2, 0.25) is 0 Å². The number of hydrogen-bond acceptors (Lipinski definition) is 4. The first-order chi connectivity index (χ1) is 5.24. The zero-order valence-electron chi connectivity index (χ0n) is 6.28. The Labute approximate surface area is 65.1 Å². The largest absolute Gasteiger partial charge is 0.397 e. The van der Waals surface area contributed by atoms with Crippen LogP contribution in [0.15, 0.2) is 18.3 Å². The Bertz CT molecular complexity index is 222. The third-order valence-electron chi connectivity index (χ3n) is 1.36. The summed E-state index contributed by atoms with van der Waals surface area (Å²) in [4.78, 5) is 3.91. The van der Waals surface area contributed by atoms with Crippen molar-refractivity contribution in [3.8, 4) is 0 Å². The fraction of sp³-hybridized carbons (Fsp3) is 0.286. The number of nitrogens with two attached hydrogens (primary N) is 1. The molecule has 0 fully saturated rings. The smallest absolute Gasteiger partial charge is 0.147 e. The molecule has 1 heterocycles. The number of aromatic nitrogens is 1. The van der Waals surface area contributed by atoms with Crippen LogP contribution in [0.2, 0.25) is 0 Å². The third kappa shape index (κ3) is 1.89. The first kappa shape index (κ1) is 7.97. The monoisotopic (exact) mass is 153 g/mol. The second-order valence-corrected chi connectivity index (χ2v) is 2.21. The van der Waals surface area contributed by atoms with Crippen molar-refractivity contribution in [2.75, 3.05) is 12.8 Å². The van der Waals surface area contributed by atoms with E-state index in [4.69, 9.17) is 5.73 Å². The van der Waals surface area contributed by atoms with E-state index in [1.165, 1.54) is 6.20 Å². The van der Waals surface area contributed by atoms with E-state index in [2.05, 4.69) is 10.3 Å². The minimum absolute atomic E-state index is 0.571. The van der Waals surface area contributed by atoms with Gasteiger partial charge in [-0.2, -0.15) is 0 Å². The molecule has 0 aliphatic rings. The number of nitrogens with one attached hydrogen (secondary N) is 1. The van der Waals surface area contributed by atoms with Crippen molar-refractivity contribution in [2.24, 2.45) is 0 Å². The first-order valence-corrected chi connectivity index (χ1v) is 3.31. The highest BCUT2D eigenvalue weighted by Crippen LogP contribution is 2.07. The van der Waals surface area contributed by atoms with Gasteiger partial charge in [0.25, 0.3) is 0 Å². The van der Waals surface area contributed by atoms with Crippen LogP contribution in [0.25, 0.3) is 0 Å². The van der Waals surface area contributed by atoms with E-state index in [1.54, 1.807) is 19.2 Å². The lowest BCUT2D eigenvalue weighted by molar-refractivity contribution is 0.144. The average molecular weight is 153 g/mol. The van der Waals surface area contributed by atoms with E-state index < -0.39 is 6.23 Å². The zero-order valence-corrected chi connectivity index (χ0v) is 6.28. The lowest BCUT2D eigenvalue weighted by Gasteiger charge is -2.07. The Morgan fingerprint density at radius 1 is 1.64 bits per heavy atom. The molecule has 4 heteroatoms. The third-order valence-corrected chi connectivity index (χ3v) is 1.36. The van der Waals surface area contributed by atoms with Crippen molar-refractivity contribution in [3.05, 3.63) is 24.0 Å². The van der Waals surface area contributed by atoms with Gasteiger partial charge in [0.05, 0.1) is 17.6 Å². The van der Waals surface area contributed by atoms with E-state index in [-0.39, 0.29) is 0 Å². The van der Waals surface area contributed by atoms with Crippen molar-refractivity contribution in [3.63, 3.8) is 0 Å². The molecule has 0 aliphatic heterocycles.